The van der Waals surface area contributed by atoms with Crippen LogP contribution in [0.25, 0.3) is 0 Å². The zero-order chi connectivity index (χ0) is 18.4. The maximum Gasteiger partial charge on any atom is 0.234 e. The molecule has 1 fully saturated rings. The van der Waals surface area contributed by atoms with Crippen molar-refractivity contribution in [2.45, 2.75) is 25.3 Å². The second kappa shape index (κ2) is 9.21. The summed E-state index contributed by atoms with van der Waals surface area (Å²) in [6.07, 6.45) is 0. The Labute approximate surface area is 159 Å². The molecule has 0 aromatic heterocycles. The van der Waals surface area contributed by atoms with Crippen LogP contribution in [-0.2, 0) is 16.1 Å². The molecule has 3 rings (SSSR count). The Morgan fingerprint density at radius 1 is 1.12 bits per heavy atom. The Hall–Kier alpha value is -1.82. The maximum atomic E-state index is 12.2. The van der Waals surface area contributed by atoms with Gasteiger partial charge in [0.25, 0.3) is 0 Å². The number of carbonyl (C=O) groups excluding carboxylic acids is 1. The molecule has 1 saturated heterocycles. The molecule has 4 nitrogen and oxygen atoms in total. The van der Waals surface area contributed by atoms with Crippen molar-refractivity contribution in [2.24, 2.45) is 0 Å². The van der Waals surface area contributed by atoms with Crippen LogP contribution in [0, 0.1) is 13.8 Å². The lowest BCUT2D eigenvalue weighted by Crippen LogP contribution is -2.35. The van der Waals surface area contributed by atoms with Gasteiger partial charge in [-0.2, -0.15) is 0 Å². The molecule has 0 radical (unpaired) electrons. The van der Waals surface area contributed by atoms with Crippen molar-refractivity contribution in [3.63, 3.8) is 0 Å². The first-order chi connectivity index (χ1) is 12.6. The molecule has 0 aliphatic carbocycles. The summed E-state index contributed by atoms with van der Waals surface area (Å²) < 4.78 is 5.38. The first-order valence-corrected chi connectivity index (χ1v) is 9.98. The van der Waals surface area contributed by atoms with Crippen molar-refractivity contribution in [2.75, 3.05) is 37.4 Å². The van der Waals surface area contributed by atoms with Gasteiger partial charge in [0.05, 0.1) is 19.0 Å². The van der Waals surface area contributed by atoms with Crippen molar-refractivity contribution in [3.05, 3.63) is 59.2 Å². The number of carbonyl (C=O) groups is 1. The van der Waals surface area contributed by atoms with Gasteiger partial charge in [-0.25, -0.2) is 0 Å². The molecule has 2 aromatic carbocycles. The lowest BCUT2D eigenvalue weighted by molar-refractivity contribution is -0.113. The predicted octanol–water partition coefficient (Wildman–Crippen LogP) is 3.87. The molecule has 1 N–H and O–H groups in total. The van der Waals surface area contributed by atoms with Gasteiger partial charge in [-0.1, -0.05) is 29.8 Å². The number of nitrogens with zero attached hydrogens (tertiary/aromatic N) is 1. The van der Waals surface area contributed by atoms with Gasteiger partial charge in [0.2, 0.25) is 5.91 Å². The summed E-state index contributed by atoms with van der Waals surface area (Å²) in [5.74, 6) is 0.440. The summed E-state index contributed by atoms with van der Waals surface area (Å²) in [5, 5.41) is 2.98. The van der Waals surface area contributed by atoms with E-state index in [1.54, 1.807) is 11.8 Å². The Morgan fingerprint density at radius 3 is 2.54 bits per heavy atom. The molecule has 1 heterocycles. The van der Waals surface area contributed by atoms with Crippen LogP contribution in [-0.4, -0.2) is 42.9 Å². The highest BCUT2D eigenvalue weighted by molar-refractivity contribution is 8.00. The van der Waals surface area contributed by atoms with Crippen LogP contribution in [0.3, 0.4) is 0 Å². The number of amides is 1. The minimum Gasteiger partial charge on any atom is -0.379 e. The second-order valence-corrected chi connectivity index (χ2v) is 7.71. The number of nitrogens with one attached hydrogen (secondary N) is 1. The van der Waals surface area contributed by atoms with Gasteiger partial charge in [-0.3, -0.25) is 9.69 Å². The average Bonchev–Trinajstić information content (AvgIpc) is 2.63. The van der Waals surface area contributed by atoms with E-state index < -0.39 is 0 Å². The fourth-order valence-corrected chi connectivity index (χ4v) is 3.82. The van der Waals surface area contributed by atoms with Gasteiger partial charge >= 0.3 is 0 Å². The molecule has 5 heteroatoms. The van der Waals surface area contributed by atoms with Crippen molar-refractivity contribution in [3.8, 4) is 0 Å². The van der Waals surface area contributed by atoms with E-state index in [4.69, 9.17) is 4.74 Å². The summed E-state index contributed by atoms with van der Waals surface area (Å²) in [6.45, 7) is 8.68. The number of aryl methyl sites for hydroxylation is 2. The third-order valence-electron chi connectivity index (χ3n) is 4.44. The molecule has 0 atom stereocenters. The van der Waals surface area contributed by atoms with Crippen molar-refractivity contribution >= 4 is 23.4 Å². The van der Waals surface area contributed by atoms with Crippen LogP contribution >= 0.6 is 11.8 Å². The van der Waals surface area contributed by atoms with E-state index in [1.165, 1.54) is 16.7 Å². The molecule has 2 aromatic rings. The quantitative estimate of drug-likeness (QED) is 0.784. The van der Waals surface area contributed by atoms with Crippen LogP contribution in [0.2, 0.25) is 0 Å². The monoisotopic (exact) mass is 370 g/mol. The summed E-state index contributed by atoms with van der Waals surface area (Å²) in [6, 6.07) is 14.5. The van der Waals surface area contributed by atoms with E-state index in [-0.39, 0.29) is 5.91 Å². The molecule has 0 unspecified atom stereocenters. The van der Waals surface area contributed by atoms with E-state index in [2.05, 4.69) is 54.4 Å². The zero-order valence-electron chi connectivity index (χ0n) is 15.5. The topological polar surface area (TPSA) is 41.6 Å². The first-order valence-electron chi connectivity index (χ1n) is 8.99. The molecule has 138 valence electrons. The SMILES string of the molecule is Cc1ccc(SCC(=O)Nc2ccc(CN3CCOCC3)cc2)c(C)c1. The van der Waals surface area contributed by atoms with E-state index >= 15 is 0 Å². The Kier molecular flexibility index (Phi) is 6.72. The van der Waals surface area contributed by atoms with Crippen molar-refractivity contribution in [1.29, 1.82) is 0 Å². The van der Waals surface area contributed by atoms with Gasteiger partial charge in [-0.15, -0.1) is 11.8 Å². The Balaban J connectivity index is 1.47. The molecule has 0 saturated carbocycles. The molecular formula is C21H26N2O2S. The second-order valence-electron chi connectivity index (χ2n) is 6.69. The Morgan fingerprint density at radius 2 is 1.85 bits per heavy atom. The number of morpholine rings is 1. The maximum absolute atomic E-state index is 12.2. The zero-order valence-corrected chi connectivity index (χ0v) is 16.3. The highest BCUT2D eigenvalue weighted by Crippen LogP contribution is 2.23. The Bertz CT molecular complexity index is 740. The smallest absolute Gasteiger partial charge is 0.234 e. The lowest BCUT2D eigenvalue weighted by Gasteiger charge is -2.26. The number of ether oxygens (including phenoxy) is 1. The summed E-state index contributed by atoms with van der Waals surface area (Å²) in [5.41, 5.74) is 4.57. The summed E-state index contributed by atoms with van der Waals surface area (Å²) in [7, 11) is 0. The standard InChI is InChI=1S/C21H26N2O2S/c1-16-3-8-20(17(2)13-16)26-15-21(24)22-19-6-4-18(5-7-19)14-23-9-11-25-12-10-23/h3-8,13H,9-12,14-15H2,1-2H3,(H,22,24). The average molecular weight is 371 g/mol. The van der Waals surface area contributed by atoms with Crippen LogP contribution in [0.4, 0.5) is 5.69 Å². The minimum atomic E-state index is 0.0240. The summed E-state index contributed by atoms with van der Waals surface area (Å²) >= 11 is 1.58. The van der Waals surface area contributed by atoms with Gasteiger partial charge in [-0.05, 0) is 43.2 Å². The third kappa shape index (κ3) is 5.59. The fraction of sp³-hybridized carbons (Fsp3) is 0.381. The molecule has 1 aliphatic heterocycles. The summed E-state index contributed by atoms with van der Waals surface area (Å²) in [4.78, 5) is 15.8. The van der Waals surface area contributed by atoms with Crippen LogP contribution in [0.15, 0.2) is 47.4 Å². The number of rotatable bonds is 6. The molecular weight excluding hydrogens is 344 g/mol. The molecule has 0 bridgehead atoms. The molecule has 1 amide bonds. The number of hydrogen-bond acceptors (Lipinski definition) is 4. The van der Waals surface area contributed by atoms with Crippen molar-refractivity contribution in [1.82, 2.24) is 4.90 Å². The fourth-order valence-electron chi connectivity index (χ4n) is 3.01. The molecule has 26 heavy (non-hydrogen) atoms. The van der Waals surface area contributed by atoms with Crippen molar-refractivity contribution < 1.29 is 9.53 Å². The number of benzene rings is 2. The predicted molar refractivity (Wildman–Crippen MR) is 108 cm³/mol. The highest BCUT2D eigenvalue weighted by Gasteiger charge is 2.11. The lowest BCUT2D eigenvalue weighted by atomic mass is 10.2. The van der Waals surface area contributed by atoms with E-state index in [1.807, 2.05) is 12.1 Å². The van der Waals surface area contributed by atoms with E-state index in [0.717, 1.165) is 43.4 Å². The van der Waals surface area contributed by atoms with E-state index in [0.29, 0.717) is 5.75 Å². The van der Waals surface area contributed by atoms with Crippen LogP contribution < -0.4 is 5.32 Å². The van der Waals surface area contributed by atoms with Gasteiger partial charge in [0, 0.05) is 30.2 Å². The first kappa shape index (κ1) is 19.0. The van der Waals surface area contributed by atoms with Gasteiger partial charge in [0.1, 0.15) is 0 Å². The largest absolute Gasteiger partial charge is 0.379 e. The number of hydrogen-bond donors (Lipinski definition) is 1. The molecule has 0 spiro atoms. The normalized spacial score (nSPS) is 15.0. The van der Waals surface area contributed by atoms with Crippen LogP contribution in [0.5, 0.6) is 0 Å². The number of thioether (sulfide) groups is 1. The van der Waals surface area contributed by atoms with Crippen LogP contribution in [0.1, 0.15) is 16.7 Å². The minimum absolute atomic E-state index is 0.0240. The number of anilines is 1. The third-order valence-corrected chi connectivity index (χ3v) is 5.61. The van der Waals surface area contributed by atoms with E-state index in [9.17, 15) is 4.79 Å². The highest BCUT2D eigenvalue weighted by atomic mass is 32.2. The van der Waals surface area contributed by atoms with Gasteiger partial charge in [0.15, 0.2) is 0 Å². The van der Waals surface area contributed by atoms with Gasteiger partial charge < -0.3 is 10.1 Å². The molecule has 1 aliphatic rings.